The van der Waals surface area contributed by atoms with Crippen molar-refractivity contribution in [2.24, 2.45) is 0 Å². The van der Waals surface area contributed by atoms with Crippen molar-refractivity contribution in [3.63, 3.8) is 0 Å². The van der Waals surface area contributed by atoms with Gasteiger partial charge in [0.05, 0.1) is 9.75 Å². The van der Waals surface area contributed by atoms with Crippen LogP contribution in [0.4, 0.5) is 0 Å². The van der Waals surface area contributed by atoms with Crippen molar-refractivity contribution in [2.75, 3.05) is 0 Å². The largest absolute Gasteiger partial charge is 0.455 e. The third-order valence-corrected chi connectivity index (χ3v) is 3.88. The number of benzene rings is 1. The second kappa shape index (κ2) is 4.02. The Balaban J connectivity index is 2.10. The quantitative estimate of drug-likeness (QED) is 0.635. The minimum Gasteiger partial charge on any atom is -0.455 e. The van der Waals surface area contributed by atoms with Gasteiger partial charge in [-0.2, -0.15) is 0 Å². The molecular weight excluding hydrogens is 256 g/mol. The highest BCUT2D eigenvalue weighted by molar-refractivity contribution is 7.18. The highest BCUT2D eigenvalue weighted by Crippen LogP contribution is 2.33. The van der Waals surface area contributed by atoms with Gasteiger partial charge in [0, 0.05) is 5.39 Å². The number of thiophene rings is 1. The zero-order valence-electron chi connectivity index (χ0n) is 8.64. The lowest BCUT2D eigenvalue weighted by molar-refractivity contribution is 0.108. The van der Waals surface area contributed by atoms with Crippen molar-refractivity contribution in [3.05, 3.63) is 47.3 Å². The maximum Gasteiger partial charge on any atom is 0.262 e. The van der Waals surface area contributed by atoms with Crippen molar-refractivity contribution < 1.29 is 9.21 Å². The van der Waals surface area contributed by atoms with Gasteiger partial charge < -0.3 is 4.42 Å². The molecule has 0 amide bonds. The molecule has 3 aromatic rings. The summed E-state index contributed by atoms with van der Waals surface area (Å²) in [6.07, 6.45) is 0. The maximum atomic E-state index is 11.0. The molecule has 0 fully saturated rings. The van der Waals surface area contributed by atoms with Crippen LogP contribution in [-0.2, 0) is 0 Å². The van der Waals surface area contributed by atoms with Crippen molar-refractivity contribution in [1.29, 1.82) is 0 Å². The van der Waals surface area contributed by atoms with Crippen molar-refractivity contribution in [1.82, 2.24) is 0 Å². The molecular formula is C13H7ClO2S. The summed E-state index contributed by atoms with van der Waals surface area (Å²) >= 11 is 6.76. The van der Waals surface area contributed by atoms with E-state index in [2.05, 4.69) is 0 Å². The Kier molecular flexibility index (Phi) is 2.50. The first-order chi connectivity index (χ1) is 8.24. The minimum absolute atomic E-state index is 0.433. The average molecular weight is 263 g/mol. The van der Waals surface area contributed by atoms with Crippen LogP contribution in [0.2, 0.25) is 0 Å². The van der Waals surface area contributed by atoms with Crippen LogP contribution in [0.5, 0.6) is 0 Å². The van der Waals surface area contributed by atoms with E-state index in [1.807, 2.05) is 36.4 Å². The number of para-hydroxylation sites is 1. The van der Waals surface area contributed by atoms with E-state index in [-0.39, 0.29) is 0 Å². The number of furan rings is 1. The number of hydrogen-bond donors (Lipinski definition) is 0. The number of rotatable bonds is 2. The number of carbonyl (C=O) groups is 1. The fourth-order valence-corrected chi connectivity index (χ4v) is 2.65. The van der Waals surface area contributed by atoms with E-state index in [4.69, 9.17) is 16.0 Å². The molecule has 0 aliphatic heterocycles. The van der Waals surface area contributed by atoms with E-state index in [0.29, 0.717) is 4.88 Å². The summed E-state index contributed by atoms with van der Waals surface area (Å²) in [5.74, 6) is 0.764. The molecule has 0 aliphatic rings. The lowest BCUT2D eigenvalue weighted by Gasteiger charge is -1.87. The molecule has 1 aromatic carbocycles. The zero-order chi connectivity index (χ0) is 11.8. The Morgan fingerprint density at radius 3 is 2.71 bits per heavy atom. The van der Waals surface area contributed by atoms with Crippen LogP contribution in [0.25, 0.3) is 21.6 Å². The summed E-state index contributed by atoms with van der Waals surface area (Å²) in [5.41, 5.74) is 0.842. The van der Waals surface area contributed by atoms with Gasteiger partial charge in [0.2, 0.25) is 0 Å². The van der Waals surface area contributed by atoms with Crippen LogP contribution < -0.4 is 0 Å². The van der Waals surface area contributed by atoms with Crippen LogP contribution in [0.1, 0.15) is 9.67 Å². The van der Waals surface area contributed by atoms with E-state index >= 15 is 0 Å². The van der Waals surface area contributed by atoms with Gasteiger partial charge in [-0.1, -0.05) is 18.2 Å². The summed E-state index contributed by atoms with van der Waals surface area (Å²) in [6, 6.07) is 13.3. The Labute approximate surface area is 106 Å². The second-order valence-electron chi connectivity index (χ2n) is 3.59. The molecule has 0 bridgehead atoms. The zero-order valence-corrected chi connectivity index (χ0v) is 10.2. The highest BCUT2D eigenvalue weighted by atomic mass is 35.5. The maximum absolute atomic E-state index is 11.0. The third kappa shape index (κ3) is 1.88. The van der Waals surface area contributed by atoms with E-state index in [1.54, 1.807) is 6.07 Å². The summed E-state index contributed by atoms with van der Waals surface area (Å²) < 4.78 is 5.70. The fourth-order valence-electron chi connectivity index (χ4n) is 1.68. The SMILES string of the molecule is O=C(Cl)c1ccc(-c2cc3ccccc3o2)s1. The van der Waals surface area contributed by atoms with Gasteiger partial charge in [-0.25, -0.2) is 0 Å². The predicted octanol–water partition coefficient (Wildman–Crippen LogP) is 4.54. The number of halogens is 1. The van der Waals surface area contributed by atoms with Gasteiger partial charge in [0.1, 0.15) is 11.3 Å². The van der Waals surface area contributed by atoms with Crippen LogP contribution in [0.15, 0.2) is 46.9 Å². The fraction of sp³-hybridized carbons (Fsp3) is 0. The molecule has 0 saturated heterocycles. The standard InChI is InChI=1S/C13H7ClO2S/c14-13(15)12-6-5-11(17-12)10-7-8-3-1-2-4-9(8)16-10/h1-7H. The lowest BCUT2D eigenvalue weighted by atomic mass is 10.2. The molecule has 0 N–H and O–H groups in total. The molecule has 0 saturated carbocycles. The molecule has 0 radical (unpaired) electrons. The second-order valence-corrected chi connectivity index (χ2v) is 5.01. The average Bonchev–Trinajstić information content (AvgIpc) is 2.95. The number of hydrogen-bond acceptors (Lipinski definition) is 3. The Morgan fingerprint density at radius 1 is 1.18 bits per heavy atom. The van der Waals surface area contributed by atoms with E-state index in [9.17, 15) is 4.79 Å². The molecule has 3 rings (SSSR count). The molecule has 84 valence electrons. The first-order valence-electron chi connectivity index (χ1n) is 5.02. The van der Waals surface area contributed by atoms with Gasteiger partial charge in [-0.15, -0.1) is 11.3 Å². The van der Waals surface area contributed by atoms with E-state index in [1.165, 1.54) is 11.3 Å². The molecule has 4 heteroatoms. The third-order valence-electron chi connectivity index (χ3n) is 2.47. The van der Waals surface area contributed by atoms with Crippen LogP contribution in [-0.4, -0.2) is 5.24 Å². The monoisotopic (exact) mass is 262 g/mol. The highest BCUT2D eigenvalue weighted by Gasteiger charge is 2.11. The van der Waals surface area contributed by atoms with Gasteiger partial charge in [0.15, 0.2) is 0 Å². The number of carbonyl (C=O) groups excluding carboxylic acids is 1. The minimum atomic E-state index is -0.433. The Bertz CT molecular complexity index is 663. The summed E-state index contributed by atoms with van der Waals surface area (Å²) in [5, 5.41) is 0.618. The normalized spacial score (nSPS) is 10.9. The predicted molar refractivity (Wildman–Crippen MR) is 69.7 cm³/mol. The first-order valence-corrected chi connectivity index (χ1v) is 6.22. The topological polar surface area (TPSA) is 30.2 Å². The smallest absolute Gasteiger partial charge is 0.262 e. The summed E-state index contributed by atoms with van der Waals surface area (Å²) in [6.45, 7) is 0. The number of fused-ring (bicyclic) bond motifs is 1. The lowest BCUT2D eigenvalue weighted by Crippen LogP contribution is -1.78. The Hall–Kier alpha value is -1.58. The van der Waals surface area contributed by atoms with Crippen LogP contribution in [0, 0.1) is 0 Å². The van der Waals surface area contributed by atoms with E-state index in [0.717, 1.165) is 21.6 Å². The van der Waals surface area contributed by atoms with Crippen LogP contribution in [0.3, 0.4) is 0 Å². The molecule has 0 spiro atoms. The van der Waals surface area contributed by atoms with Crippen molar-refractivity contribution in [3.8, 4) is 10.6 Å². The van der Waals surface area contributed by atoms with Gasteiger partial charge in [-0.3, -0.25) is 4.79 Å². The van der Waals surface area contributed by atoms with Gasteiger partial charge in [0.25, 0.3) is 5.24 Å². The van der Waals surface area contributed by atoms with Gasteiger partial charge in [-0.05, 0) is 35.9 Å². The van der Waals surface area contributed by atoms with Crippen molar-refractivity contribution in [2.45, 2.75) is 0 Å². The molecule has 0 unspecified atom stereocenters. The van der Waals surface area contributed by atoms with Crippen LogP contribution >= 0.6 is 22.9 Å². The molecule has 2 nitrogen and oxygen atoms in total. The molecule has 17 heavy (non-hydrogen) atoms. The van der Waals surface area contributed by atoms with E-state index < -0.39 is 5.24 Å². The molecule has 0 aliphatic carbocycles. The molecule has 2 aromatic heterocycles. The molecule has 0 atom stereocenters. The van der Waals surface area contributed by atoms with Gasteiger partial charge >= 0.3 is 0 Å². The van der Waals surface area contributed by atoms with Crippen molar-refractivity contribution >= 4 is 39.1 Å². The Morgan fingerprint density at radius 2 is 2.00 bits per heavy atom. The molecule has 2 heterocycles. The first kappa shape index (κ1) is 10.6. The summed E-state index contributed by atoms with van der Waals surface area (Å²) in [7, 11) is 0. The summed E-state index contributed by atoms with van der Waals surface area (Å²) in [4.78, 5) is 12.4.